The van der Waals surface area contributed by atoms with Crippen molar-refractivity contribution in [2.75, 3.05) is 39.4 Å². The van der Waals surface area contributed by atoms with Crippen LogP contribution in [0.5, 0.6) is 0 Å². The molecule has 2 saturated heterocycles. The van der Waals surface area contributed by atoms with Gasteiger partial charge in [-0.3, -0.25) is 4.90 Å². The Balaban J connectivity index is 1.59. The molecule has 4 heteroatoms. The van der Waals surface area contributed by atoms with Gasteiger partial charge in [0.25, 0.3) is 0 Å². The van der Waals surface area contributed by atoms with Crippen LogP contribution in [0.15, 0.2) is 0 Å². The van der Waals surface area contributed by atoms with Crippen LogP contribution >= 0.6 is 0 Å². The molecule has 0 aromatic heterocycles. The maximum absolute atomic E-state index is 5.86. The zero-order valence-corrected chi connectivity index (χ0v) is 13.1. The number of morpholine rings is 1. The van der Waals surface area contributed by atoms with Crippen molar-refractivity contribution in [3.8, 4) is 0 Å². The molecule has 0 radical (unpaired) electrons. The summed E-state index contributed by atoms with van der Waals surface area (Å²) in [6.07, 6.45) is 5.88. The van der Waals surface area contributed by atoms with Crippen molar-refractivity contribution < 1.29 is 9.47 Å². The Morgan fingerprint density at radius 3 is 2.35 bits per heavy atom. The molecule has 4 nitrogen and oxygen atoms in total. The largest absolute Gasteiger partial charge is 0.381 e. The van der Waals surface area contributed by atoms with Gasteiger partial charge in [0.1, 0.15) is 0 Å². The van der Waals surface area contributed by atoms with Crippen LogP contribution in [0.4, 0.5) is 0 Å². The fourth-order valence-electron chi connectivity index (χ4n) is 3.73. The maximum atomic E-state index is 5.86. The molecule has 0 bridgehead atoms. The number of ether oxygens (including phenoxy) is 2. The van der Waals surface area contributed by atoms with Crippen LogP contribution < -0.4 is 5.32 Å². The van der Waals surface area contributed by atoms with E-state index < -0.39 is 0 Å². The highest BCUT2D eigenvalue weighted by Crippen LogP contribution is 2.33. The second kappa shape index (κ2) is 6.30. The van der Waals surface area contributed by atoms with Crippen molar-refractivity contribution in [2.24, 2.45) is 5.41 Å². The Hall–Kier alpha value is -0.160. The fourth-order valence-corrected chi connectivity index (χ4v) is 3.73. The quantitative estimate of drug-likeness (QED) is 0.831. The molecule has 2 atom stereocenters. The number of nitrogens with one attached hydrogen (secondary N) is 1. The SMILES string of the molecule is CC1CN(CC2(CNC3CC3)CCOCC2)CC(C)O1. The molecule has 2 aliphatic heterocycles. The standard InChI is InChI=1S/C16H30N2O2/c1-13-9-18(10-14(2)20-13)12-16(5-7-19-8-6-16)11-17-15-3-4-15/h13-15,17H,3-12H2,1-2H3. The van der Waals surface area contributed by atoms with E-state index in [4.69, 9.17) is 9.47 Å². The fraction of sp³-hybridized carbons (Fsp3) is 1.00. The number of hydrogen-bond acceptors (Lipinski definition) is 4. The molecule has 3 aliphatic rings. The van der Waals surface area contributed by atoms with Gasteiger partial charge in [0.2, 0.25) is 0 Å². The van der Waals surface area contributed by atoms with Crippen LogP contribution in [0.3, 0.4) is 0 Å². The lowest BCUT2D eigenvalue weighted by molar-refractivity contribution is -0.0876. The Labute approximate surface area is 123 Å². The van der Waals surface area contributed by atoms with Crippen molar-refractivity contribution >= 4 is 0 Å². The molecule has 1 aliphatic carbocycles. The minimum atomic E-state index is 0.368. The van der Waals surface area contributed by atoms with Gasteiger partial charge in [-0.2, -0.15) is 0 Å². The molecular formula is C16H30N2O2. The Kier molecular flexibility index (Phi) is 4.65. The monoisotopic (exact) mass is 282 g/mol. The van der Waals surface area contributed by atoms with E-state index in [-0.39, 0.29) is 0 Å². The number of hydrogen-bond donors (Lipinski definition) is 1. The van der Waals surface area contributed by atoms with E-state index in [0.717, 1.165) is 32.3 Å². The zero-order valence-electron chi connectivity index (χ0n) is 13.1. The van der Waals surface area contributed by atoms with Crippen molar-refractivity contribution in [1.29, 1.82) is 0 Å². The van der Waals surface area contributed by atoms with Crippen LogP contribution in [0.2, 0.25) is 0 Å². The van der Waals surface area contributed by atoms with Crippen LogP contribution in [0.25, 0.3) is 0 Å². The molecule has 3 fully saturated rings. The van der Waals surface area contributed by atoms with Gasteiger partial charge in [0.15, 0.2) is 0 Å². The highest BCUT2D eigenvalue weighted by molar-refractivity contribution is 4.92. The minimum Gasteiger partial charge on any atom is -0.381 e. The first kappa shape index (κ1) is 14.8. The van der Waals surface area contributed by atoms with Gasteiger partial charge in [0, 0.05) is 45.4 Å². The van der Waals surface area contributed by atoms with Crippen molar-refractivity contribution in [3.63, 3.8) is 0 Å². The summed E-state index contributed by atoms with van der Waals surface area (Å²) in [5, 5.41) is 3.77. The predicted molar refractivity (Wildman–Crippen MR) is 80.0 cm³/mol. The average molecular weight is 282 g/mol. The minimum absolute atomic E-state index is 0.368. The van der Waals surface area contributed by atoms with Crippen LogP contribution in [-0.4, -0.2) is 62.5 Å². The first-order chi connectivity index (χ1) is 9.65. The lowest BCUT2D eigenvalue weighted by atomic mass is 9.79. The summed E-state index contributed by atoms with van der Waals surface area (Å²) < 4.78 is 11.5. The predicted octanol–water partition coefficient (Wildman–Crippen LogP) is 1.64. The maximum Gasteiger partial charge on any atom is 0.0678 e. The summed E-state index contributed by atoms with van der Waals surface area (Å²) in [7, 11) is 0. The molecule has 1 N–H and O–H groups in total. The summed E-state index contributed by atoms with van der Waals surface area (Å²) in [4.78, 5) is 2.62. The van der Waals surface area contributed by atoms with Crippen molar-refractivity contribution in [2.45, 2.75) is 57.8 Å². The highest BCUT2D eigenvalue weighted by Gasteiger charge is 2.37. The molecule has 0 spiro atoms. The van der Waals surface area contributed by atoms with E-state index >= 15 is 0 Å². The van der Waals surface area contributed by atoms with Crippen LogP contribution in [-0.2, 0) is 9.47 Å². The van der Waals surface area contributed by atoms with Gasteiger partial charge in [0.05, 0.1) is 12.2 Å². The third kappa shape index (κ3) is 3.94. The van der Waals surface area contributed by atoms with Gasteiger partial charge in [-0.1, -0.05) is 0 Å². The summed E-state index contributed by atoms with van der Waals surface area (Å²) in [6, 6.07) is 0.803. The lowest BCUT2D eigenvalue weighted by Crippen LogP contribution is -2.53. The second-order valence-corrected chi connectivity index (χ2v) is 7.22. The molecule has 0 aromatic carbocycles. The van der Waals surface area contributed by atoms with Gasteiger partial charge in [-0.25, -0.2) is 0 Å². The molecule has 2 unspecified atom stereocenters. The molecule has 0 aromatic rings. The summed E-state index contributed by atoms with van der Waals surface area (Å²) in [5.74, 6) is 0. The number of rotatable bonds is 5. The molecule has 2 heterocycles. The molecular weight excluding hydrogens is 252 g/mol. The smallest absolute Gasteiger partial charge is 0.0678 e. The highest BCUT2D eigenvalue weighted by atomic mass is 16.5. The van der Waals surface area contributed by atoms with E-state index in [1.165, 1.54) is 38.8 Å². The normalized spacial score (nSPS) is 35.1. The Morgan fingerprint density at radius 2 is 1.75 bits per heavy atom. The topological polar surface area (TPSA) is 33.7 Å². The molecule has 0 amide bonds. The Morgan fingerprint density at radius 1 is 1.10 bits per heavy atom. The lowest BCUT2D eigenvalue weighted by Gasteiger charge is -2.44. The van der Waals surface area contributed by atoms with Gasteiger partial charge in [-0.15, -0.1) is 0 Å². The first-order valence-electron chi connectivity index (χ1n) is 8.34. The third-order valence-corrected chi connectivity index (χ3v) is 4.95. The van der Waals surface area contributed by atoms with Crippen molar-refractivity contribution in [3.05, 3.63) is 0 Å². The van der Waals surface area contributed by atoms with Crippen LogP contribution in [0, 0.1) is 5.41 Å². The summed E-state index contributed by atoms with van der Waals surface area (Å²) in [6.45, 7) is 10.8. The van der Waals surface area contributed by atoms with E-state index in [1.807, 2.05) is 0 Å². The molecule has 1 saturated carbocycles. The summed E-state index contributed by atoms with van der Waals surface area (Å²) >= 11 is 0. The van der Waals surface area contributed by atoms with Crippen molar-refractivity contribution in [1.82, 2.24) is 10.2 Å². The first-order valence-corrected chi connectivity index (χ1v) is 8.34. The zero-order chi connectivity index (χ0) is 14.0. The third-order valence-electron chi connectivity index (χ3n) is 4.95. The summed E-state index contributed by atoms with van der Waals surface area (Å²) in [5.41, 5.74) is 0.414. The van der Waals surface area contributed by atoms with E-state index in [0.29, 0.717) is 17.6 Å². The van der Waals surface area contributed by atoms with Crippen LogP contribution in [0.1, 0.15) is 39.5 Å². The van der Waals surface area contributed by atoms with Gasteiger partial charge < -0.3 is 14.8 Å². The molecule has 116 valence electrons. The van der Waals surface area contributed by atoms with E-state index in [9.17, 15) is 0 Å². The number of nitrogens with zero attached hydrogens (tertiary/aromatic N) is 1. The van der Waals surface area contributed by atoms with Gasteiger partial charge in [-0.05, 0) is 44.9 Å². The second-order valence-electron chi connectivity index (χ2n) is 7.22. The van der Waals surface area contributed by atoms with E-state index in [2.05, 4.69) is 24.1 Å². The van der Waals surface area contributed by atoms with Gasteiger partial charge >= 0.3 is 0 Å². The van der Waals surface area contributed by atoms with E-state index in [1.54, 1.807) is 0 Å². The molecule has 3 rings (SSSR count). The Bertz CT molecular complexity index is 304. The average Bonchev–Trinajstić information content (AvgIpc) is 3.20. The molecule has 20 heavy (non-hydrogen) atoms.